The summed E-state index contributed by atoms with van der Waals surface area (Å²) >= 11 is 0. The SMILES string of the molecule is CS(=O)(=O)Nc1cc2occ(Nc3ccccc3)c(=O)c2cc1Oc1ccccc1. The van der Waals surface area contributed by atoms with Crippen molar-refractivity contribution in [2.75, 3.05) is 16.3 Å². The van der Waals surface area contributed by atoms with Gasteiger partial charge in [0.15, 0.2) is 5.75 Å². The molecular weight excluding hydrogens is 404 g/mol. The fraction of sp³-hybridized carbons (Fsp3) is 0.0455. The zero-order chi connectivity index (χ0) is 21.1. The third-order valence-corrected chi connectivity index (χ3v) is 4.78. The Morgan fingerprint density at radius 2 is 1.57 bits per heavy atom. The number of benzene rings is 3. The van der Waals surface area contributed by atoms with Crippen molar-refractivity contribution in [3.63, 3.8) is 0 Å². The Bertz CT molecular complexity index is 1350. The minimum Gasteiger partial charge on any atom is -0.462 e. The van der Waals surface area contributed by atoms with Gasteiger partial charge in [-0.05, 0) is 30.3 Å². The lowest BCUT2D eigenvalue weighted by Crippen LogP contribution is -2.12. The van der Waals surface area contributed by atoms with Crippen molar-refractivity contribution in [2.24, 2.45) is 0 Å². The molecule has 0 saturated carbocycles. The van der Waals surface area contributed by atoms with Crippen LogP contribution in [0.5, 0.6) is 11.5 Å². The highest BCUT2D eigenvalue weighted by atomic mass is 32.2. The second-order valence-electron chi connectivity index (χ2n) is 6.60. The molecule has 0 saturated heterocycles. The lowest BCUT2D eigenvalue weighted by atomic mass is 10.2. The first kappa shape index (κ1) is 19.5. The van der Waals surface area contributed by atoms with Crippen LogP contribution in [0.2, 0.25) is 0 Å². The van der Waals surface area contributed by atoms with Gasteiger partial charge in [0.25, 0.3) is 0 Å². The summed E-state index contributed by atoms with van der Waals surface area (Å²) in [5, 5.41) is 3.28. The molecule has 2 N–H and O–H groups in total. The highest BCUT2D eigenvalue weighted by molar-refractivity contribution is 7.92. The first-order valence-electron chi connectivity index (χ1n) is 9.01. The maximum atomic E-state index is 13.0. The second-order valence-corrected chi connectivity index (χ2v) is 8.35. The van der Waals surface area contributed by atoms with Crippen molar-refractivity contribution in [2.45, 2.75) is 0 Å². The number of rotatable bonds is 6. The van der Waals surface area contributed by atoms with Gasteiger partial charge in [-0.3, -0.25) is 9.52 Å². The number of nitrogens with one attached hydrogen (secondary N) is 2. The van der Waals surface area contributed by atoms with E-state index in [1.807, 2.05) is 36.4 Å². The molecule has 1 aromatic heterocycles. The van der Waals surface area contributed by atoms with Crippen LogP contribution in [0.15, 0.2) is 88.3 Å². The molecule has 0 radical (unpaired) electrons. The van der Waals surface area contributed by atoms with E-state index in [0.29, 0.717) is 5.75 Å². The molecule has 0 aliphatic carbocycles. The molecular formula is C22H18N2O5S. The van der Waals surface area contributed by atoms with Gasteiger partial charge in [0.2, 0.25) is 15.5 Å². The van der Waals surface area contributed by atoms with Crippen LogP contribution in [0.4, 0.5) is 17.1 Å². The van der Waals surface area contributed by atoms with Crippen LogP contribution in [0.25, 0.3) is 11.0 Å². The van der Waals surface area contributed by atoms with Gasteiger partial charge in [-0.25, -0.2) is 8.42 Å². The number of sulfonamides is 1. The molecule has 0 atom stereocenters. The molecule has 152 valence electrons. The zero-order valence-electron chi connectivity index (χ0n) is 16.0. The van der Waals surface area contributed by atoms with Gasteiger partial charge in [-0.1, -0.05) is 36.4 Å². The minimum absolute atomic E-state index is 0.167. The molecule has 0 aliphatic rings. The molecule has 4 aromatic rings. The summed E-state index contributed by atoms with van der Waals surface area (Å²) in [5.41, 5.74) is 1.08. The fourth-order valence-corrected chi connectivity index (χ4v) is 3.46. The van der Waals surface area contributed by atoms with Gasteiger partial charge in [0.1, 0.15) is 23.3 Å². The Hall–Kier alpha value is -3.78. The summed E-state index contributed by atoms with van der Waals surface area (Å²) in [4.78, 5) is 13.0. The number of para-hydroxylation sites is 2. The maximum absolute atomic E-state index is 13.0. The Balaban J connectivity index is 1.82. The highest BCUT2D eigenvalue weighted by Gasteiger charge is 2.16. The summed E-state index contributed by atoms with van der Waals surface area (Å²) in [6.07, 6.45) is 2.34. The van der Waals surface area contributed by atoms with E-state index in [-0.39, 0.29) is 33.5 Å². The van der Waals surface area contributed by atoms with Crippen molar-refractivity contribution in [1.29, 1.82) is 0 Å². The predicted octanol–water partition coefficient (Wildman–Crippen LogP) is 4.70. The van der Waals surface area contributed by atoms with Crippen molar-refractivity contribution < 1.29 is 17.6 Å². The van der Waals surface area contributed by atoms with E-state index in [2.05, 4.69) is 10.0 Å². The monoisotopic (exact) mass is 422 g/mol. The summed E-state index contributed by atoms with van der Waals surface area (Å²) < 4.78 is 37.5. The molecule has 4 rings (SSSR count). The summed E-state index contributed by atoms with van der Waals surface area (Å²) in [6, 6.07) is 21.0. The van der Waals surface area contributed by atoms with E-state index >= 15 is 0 Å². The number of anilines is 3. The molecule has 1 heterocycles. The van der Waals surface area contributed by atoms with Gasteiger partial charge in [0, 0.05) is 11.8 Å². The maximum Gasteiger partial charge on any atom is 0.229 e. The van der Waals surface area contributed by atoms with Crippen LogP contribution < -0.4 is 20.2 Å². The summed E-state index contributed by atoms with van der Waals surface area (Å²) in [7, 11) is -3.58. The van der Waals surface area contributed by atoms with Crippen LogP contribution in [-0.2, 0) is 10.0 Å². The van der Waals surface area contributed by atoms with Crippen LogP contribution in [-0.4, -0.2) is 14.7 Å². The normalized spacial score (nSPS) is 11.2. The Labute approximate surface area is 173 Å². The van der Waals surface area contributed by atoms with Crippen molar-refractivity contribution in [1.82, 2.24) is 0 Å². The van der Waals surface area contributed by atoms with Crippen LogP contribution >= 0.6 is 0 Å². The lowest BCUT2D eigenvalue weighted by molar-refractivity contribution is 0.485. The average Bonchev–Trinajstić information content (AvgIpc) is 2.72. The van der Waals surface area contributed by atoms with E-state index in [4.69, 9.17) is 9.15 Å². The van der Waals surface area contributed by atoms with Crippen LogP contribution in [0.1, 0.15) is 0 Å². The van der Waals surface area contributed by atoms with E-state index in [0.717, 1.165) is 11.9 Å². The largest absolute Gasteiger partial charge is 0.462 e. The second kappa shape index (κ2) is 7.92. The van der Waals surface area contributed by atoms with Crippen LogP contribution in [0, 0.1) is 0 Å². The van der Waals surface area contributed by atoms with Crippen molar-refractivity contribution >= 4 is 38.1 Å². The van der Waals surface area contributed by atoms with Gasteiger partial charge >= 0.3 is 0 Å². The quantitative estimate of drug-likeness (QED) is 0.467. The minimum atomic E-state index is -3.58. The average molecular weight is 422 g/mol. The summed E-state index contributed by atoms with van der Waals surface area (Å²) in [6.45, 7) is 0. The smallest absolute Gasteiger partial charge is 0.229 e. The molecule has 0 amide bonds. The van der Waals surface area contributed by atoms with Crippen LogP contribution in [0.3, 0.4) is 0 Å². The molecule has 0 bridgehead atoms. The molecule has 0 aliphatic heterocycles. The van der Waals surface area contributed by atoms with Crippen molar-refractivity contribution in [3.05, 3.63) is 89.3 Å². The lowest BCUT2D eigenvalue weighted by Gasteiger charge is -2.13. The van der Waals surface area contributed by atoms with Crippen molar-refractivity contribution in [3.8, 4) is 11.5 Å². The van der Waals surface area contributed by atoms with Gasteiger partial charge < -0.3 is 14.5 Å². The number of hydrogen-bond donors (Lipinski definition) is 2. The third kappa shape index (κ3) is 4.44. The molecule has 0 fully saturated rings. The molecule has 30 heavy (non-hydrogen) atoms. The predicted molar refractivity (Wildman–Crippen MR) is 117 cm³/mol. The molecule has 0 unspecified atom stereocenters. The fourth-order valence-electron chi connectivity index (χ4n) is 2.90. The summed E-state index contributed by atoms with van der Waals surface area (Å²) in [5.74, 6) is 0.680. The first-order valence-corrected chi connectivity index (χ1v) is 10.9. The number of ether oxygens (including phenoxy) is 1. The third-order valence-electron chi connectivity index (χ3n) is 4.19. The van der Waals surface area contributed by atoms with Gasteiger partial charge in [-0.15, -0.1) is 0 Å². The number of hydrogen-bond acceptors (Lipinski definition) is 6. The van der Waals surface area contributed by atoms with E-state index in [1.165, 1.54) is 18.4 Å². The molecule has 3 aromatic carbocycles. The Morgan fingerprint density at radius 1 is 0.900 bits per heavy atom. The topological polar surface area (TPSA) is 97.6 Å². The van der Waals surface area contributed by atoms with E-state index in [9.17, 15) is 13.2 Å². The number of fused-ring (bicyclic) bond motifs is 1. The Morgan fingerprint density at radius 3 is 2.23 bits per heavy atom. The first-order chi connectivity index (χ1) is 14.4. The molecule has 8 heteroatoms. The standard InChI is InChI=1S/C22H18N2O5S/c1-30(26,27)24-18-13-20-17(12-21(18)29-16-10-6-3-7-11-16)22(25)19(14-28-20)23-15-8-4-2-5-9-15/h2-14,23-24H,1H3. The van der Waals surface area contributed by atoms with E-state index < -0.39 is 10.0 Å². The van der Waals surface area contributed by atoms with Gasteiger partial charge in [-0.2, -0.15) is 0 Å². The highest BCUT2D eigenvalue weighted by Crippen LogP contribution is 2.34. The Kier molecular flexibility index (Phi) is 5.16. The molecule has 0 spiro atoms. The van der Waals surface area contributed by atoms with E-state index in [1.54, 1.807) is 24.3 Å². The van der Waals surface area contributed by atoms with Gasteiger partial charge in [0.05, 0.1) is 17.3 Å². The molecule has 7 nitrogen and oxygen atoms in total. The zero-order valence-corrected chi connectivity index (χ0v) is 16.8.